The number of anilines is 3. The first-order chi connectivity index (χ1) is 15.6. The highest BCUT2D eigenvalue weighted by atomic mass is 16.5. The average molecular weight is 429 g/mol. The molecule has 0 atom stereocenters. The molecule has 0 saturated heterocycles. The molecule has 9 heteroatoms. The fourth-order valence-corrected chi connectivity index (χ4v) is 2.92. The Morgan fingerprint density at radius 1 is 0.844 bits per heavy atom. The lowest BCUT2D eigenvalue weighted by Gasteiger charge is -2.09. The number of nitrogens with one attached hydrogen (secondary N) is 3. The SMILES string of the molecule is COc1ccc(NC(=O)c2c(-c3ccccn3)noc2NC(=O)Nc2ccccc2)cc1. The number of para-hydroxylation sites is 1. The molecule has 0 unspecified atom stereocenters. The Balaban J connectivity index is 1.62. The van der Waals surface area contributed by atoms with Crippen molar-refractivity contribution in [3.63, 3.8) is 0 Å². The molecule has 9 nitrogen and oxygen atoms in total. The second-order valence-electron chi connectivity index (χ2n) is 6.58. The fourth-order valence-electron chi connectivity index (χ4n) is 2.92. The van der Waals surface area contributed by atoms with Gasteiger partial charge < -0.3 is 19.9 Å². The Labute approximate surface area is 183 Å². The molecule has 0 aliphatic carbocycles. The number of carbonyl (C=O) groups excluding carboxylic acids is 2. The molecule has 160 valence electrons. The maximum absolute atomic E-state index is 13.1. The van der Waals surface area contributed by atoms with E-state index in [1.165, 1.54) is 0 Å². The molecule has 32 heavy (non-hydrogen) atoms. The summed E-state index contributed by atoms with van der Waals surface area (Å²) in [7, 11) is 1.56. The first kappa shape index (κ1) is 20.6. The monoisotopic (exact) mass is 429 g/mol. The molecule has 0 saturated carbocycles. The van der Waals surface area contributed by atoms with Gasteiger partial charge in [0.2, 0.25) is 5.88 Å². The van der Waals surface area contributed by atoms with Crippen LogP contribution in [0.25, 0.3) is 11.4 Å². The van der Waals surface area contributed by atoms with Crippen molar-refractivity contribution in [2.45, 2.75) is 0 Å². The highest BCUT2D eigenvalue weighted by Crippen LogP contribution is 2.29. The van der Waals surface area contributed by atoms with Gasteiger partial charge in [-0.15, -0.1) is 0 Å². The maximum Gasteiger partial charge on any atom is 0.326 e. The van der Waals surface area contributed by atoms with E-state index in [2.05, 4.69) is 26.1 Å². The molecule has 3 N–H and O–H groups in total. The number of rotatable bonds is 6. The van der Waals surface area contributed by atoms with E-state index in [4.69, 9.17) is 9.26 Å². The topological polar surface area (TPSA) is 118 Å². The molecule has 4 aromatic rings. The number of aromatic nitrogens is 2. The van der Waals surface area contributed by atoms with E-state index in [0.717, 1.165) is 0 Å². The van der Waals surface area contributed by atoms with Gasteiger partial charge in [-0.1, -0.05) is 29.4 Å². The van der Waals surface area contributed by atoms with E-state index in [1.807, 2.05) is 6.07 Å². The molecule has 0 radical (unpaired) electrons. The van der Waals surface area contributed by atoms with Gasteiger partial charge in [0.05, 0.1) is 12.8 Å². The van der Waals surface area contributed by atoms with Crippen molar-refractivity contribution in [1.82, 2.24) is 10.1 Å². The second kappa shape index (κ2) is 9.43. The smallest absolute Gasteiger partial charge is 0.326 e. The summed E-state index contributed by atoms with van der Waals surface area (Å²) in [5.41, 5.74) is 1.78. The molecule has 0 bridgehead atoms. The summed E-state index contributed by atoms with van der Waals surface area (Å²) in [6.07, 6.45) is 1.57. The predicted molar refractivity (Wildman–Crippen MR) is 120 cm³/mol. The number of amides is 3. The zero-order chi connectivity index (χ0) is 22.3. The Bertz CT molecular complexity index is 1210. The fraction of sp³-hybridized carbons (Fsp3) is 0.0435. The van der Waals surface area contributed by atoms with E-state index >= 15 is 0 Å². The summed E-state index contributed by atoms with van der Waals surface area (Å²) >= 11 is 0. The number of ether oxygens (including phenoxy) is 1. The third-order valence-electron chi connectivity index (χ3n) is 4.43. The van der Waals surface area contributed by atoms with Gasteiger partial charge in [-0.05, 0) is 48.5 Å². The zero-order valence-electron chi connectivity index (χ0n) is 17.0. The van der Waals surface area contributed by atoms with Crippen molar-refractivity contribution in [2.75, 3.05) is 23.1 Å². The lowest BCUT2D eigenvalue weighted by molar-refractivity contribution is 0.102. The summed E-state index contributed by atoms with van der Waals surface area (Å²) in [4.78, 5) is 29.8. The third-order valence-corrected chi connectivity index (χ3v) is 4.43. The van der Waals surface area contributed by atoms with Gasteiger partial charge in [-0.25, -0.2) is 4.79 Å². The molecule has 4 rings (SSSR count). The van der Waals surface area contributed by atoms with Crippen molar-refractivity contribution in [1.29, 1.82) is 0 Å². The number of methoxy groups -OCH3 is 1. The molecule has 0 fully saturated rings. The molecule has 3 amide bonds. The van der Waals surface area contributed by atoms with Crippen LogP contribution < -0.4 is 20.7 Å². The number of hydrogen-bond acceptors (Lipinski definition) is 6. The lowest BCUT2D eigenvalue weighted by atomic mass is 10.1. The molecule has 0 spiro atoms. The summed E-state index contributed by atoms with van der Waals surface area (Å²) in [6, 6.07) is 20.3. The number of carbonyl (C=O) groups is 2. The summed E-state index contributed by atoms with van der Waals surface area (Å²) in [5.74, 6) is 0.0271. The van der Waals surface area contributed by atoms with E-state index in [9.17, 15) is 9.59 Å². The van der Waals surface area contributed by atoms with Gasteiger partial charge >= 0.3 is 6.03 Å². The van der Waals surface area contributed by atoms with Crippen molar-refractivity contribution < 1.29 is 18.8 Å². The van der Waals surface area contributed by atoms with Gasteiger partial charge in [0.1, 0.15) is 17.0 Å². The van der Waals surface area contributed by atoms with Crippen LogP contribution in [0.4, 0.5) is 22.1 Å². The number of pyridine rings is 1. The largest absolute Gasteiger partial charge is 0.497 e. The minimum Gasteiger partial charge on any atom is -0.497 e. The van der Waals surface area contributed by atoms with Crippen molar-refractivity contribution >= 4 is 29.2 Å². The quantitative estimate of drug-likeness (QED) is 0.411. The van der Waals surface area contributed by atoms with Crippen LogP contribution in [0.3, 0.4) is 0 Å². The van der Waals surface area contributed by atoms with Gasteiger partial charge in [0, 0.05) is 17.6 Å². The molecule has 2 heterocycles. The van der Waals surface area contributed by atoms with E-state index in [0.29, 0.717) is 22.8 Å². The summed E-state index contributed by atoms with van der Waals surface area (Å²) in [5, 5.41) is 12.0. The van der Waals surface area contributed by atoms with Crippen molar-refractivity contribution in [3.8, 4) is 17.1 Å². The molecule has 2 aromatic carbocycles. The Morgan fingerprint density at radius 2 is 1.56 bits per heavy atom. The normalized spacial score (nSPS) is 10.3. The van der Waals surface area contributed by atoms with E-state index in [-0.39, 0.29) is 17.1 Å². The van der Waals surface area contributed by atoms with Crippen LogP contribution in [0.1, 0.15) is 10.4 Å². The van der Waals surface area contributed by atoms with Crippen molar-refractivity contribution in [3.05, 3.63) is 84.6 Å². The summed E-state index contributed by atoms with van der Waals surface area (Å²) < 4.78 is 10.4. The van der Waals surface area contributed by atoms with Crippen LogP contribution in [0.15, 0.2) is 83.5 Å². The number of nitrogens with zero attached hydrogens (tertiary/aromatic N) is 2. The minimum atomic E-state index is -0.585. The molecule has 0 aliphatic heterocycles. The number of urea groups is 1. The molecule has 0 aliphatic rings. The van der Waals surface area contributed by atoms with E-state index in [1.54, 1.807) is 80.0 Å². The maximum atomic E-state index is 13.1. The lowest BCUT2D eigenvalue weighted by Crippen LogP contribution is -2.22. The van der Waals surface area contributed by atoms with Gasteiger partial charge in [0.15, 0.2) is 0 Å². The van der Waals surface area contributed by atoms with Crippen LogP contribution in [-0.4, -0.2) is 29.2 Å². The molecular weight excluding hydrogens is 410 g/mol. The van der Waals surface area contributed by atoms with Crippen LogP contribution >= 0.6 is 0 Å². The second-order valence-corrected chi connectivity index (χ2v) is 6.58. The standard InChI is InChI=1S/C23H19N5O4/c1-31-17-12-10-16(11-13-17)25-21(29)19-20(18-9-5-6-14-24-18)28-32-22(19)27-23(30)26-15-7-3-2-4-8-15/h2-14H,1H3,(H,25,29)(H2,26,27,30). The van der Waals surface area contributed by atoms with Crippen LogP contribution in [0.2, 0.25) is 0 Å². The average Bonchev–Trinajstić information content (AvgIpc) is 3.24. The highest BCUT2D eigenvalue weighted by molar-refractivity contribution is 6.13. The number of benzene rings is 2. The third kappa shape index (κ3) is 4.73. The number of hydrogen-bond donors (Lipinski definition) is 3. The first-order valence-electron chi connectivity index (χ1n) is 9.63. The van der Waals surface area contributed by atoms with Gasteiger partial charge in [-0.2, -0.15) is 0 Å². The van der Waals surface area contributed by atoms with Crippen LogP contribution in [0.5, 0.6) is 5.75 Å². The zero-order valence-corrected chi connectivity index (χ0v) is 17.0. The Kier molecular flexibility index (Phi) is 6.08. The highest BCUT2D eigenvalue weighted by Gasteiger charge is 2.26. The molecule has 2 aromatic heterocycles. The van der Waals surface area contributed by atoms with Crippen LogP contribution in [0, 0.1) is 0 Å². The van der Waals surface area contributed by atoms with Gasteiger partial charge in [0.25, 0.3) is 5.91 Å². The van der Waals surface area contributed by atoms with Crippen LogP contribution in [-0.2, 0) is 0 Å². The molecular formula is C23H19N5O4. The van der Waals surface area contributed by atoms with E-state index < -0.39 is 11.9 Å². The van der Waals surface area contributed by atoms with Crippen molar-refractivity contribution in [2.24, 2.45) is 0 Å². The van der Waals surface area contributed by atoms with Gasteiger partial charge in [-0.3, -0.25) is 15.1 Å². The Hall–Kier alpha value is -4.66. The minimum absolute atomic E-state index is 0.0442. The Morgan fingerprint density at radius 3 is 2.25 bits per heavy atom. The predicted octanol–water partition coefficient (Wildman–Crippen LogP) is 4.64. The first-order valence-corrected chi connectivity index (χ1v) is 9.63. The summed E-state index contributed by atoms with van der Waals surface area (Å²) in [6.45, 7) is 0.